The second-order valence-corrected chi connectivity index (χ2v) is 6.69. The highest BCUT2D eigenvalue weighted by atomic mass is 16.5. The molecule has 0 spiro atoms. The van der Waals surface area contributed by atoms with Crippen LogP contribution in [0.25, 0.3) is 0 Å². The molecular weight excluding hydrogens is 342 g/mol. The van der Waals surface area contributed by atoms with Gasteiger partial charge in [-0.2, -0.15) is 0 Å². The predicted octanol–water partition coefficient (Wildman–Crippen LogP) is 1.68. The number of nitrogens with one attached hydrogen (secondary N) is 2. The van der Waals surface area contributed by atoms with Gasteiger partial charge in [0.05, 0.1) is 46.9 Å². The van der Waals surface area contributed by atoms with E-state index in [1.165, 1.54) is 25.3 Å². The summed E-state index contributed by atoms with van der Waals surface area (Å²) in [4.78, 5) is 16.6. The van der Waals surface area contributed by atoms with Gasteiger partial charge >= 0.3 is 0 Å². The number of benzene rings is 2. The fraction of sp³-hybridized carbons (Fsp3) is 0.381. The molecule has 3 rings (SSSR count). The van der Waals surface area contributed by atoms with Gasteiger partial charge in [-0.1, -0.05) is 0 Å². The number of nitrogens with zero attached hydrogens (tertiary/aromatic N) is 1. The van der Waals surface area contributed by atoms with Crippen LogP contribution in [-0.2, 0) is 0 Å². The number of hydrogen-bond acceptors (Lipinski definition) is 4. The summed E-state index contributed by atoms with van der Waals surface area (Å²) >= 11 is 0. The highest BCUT2D eigenvalue weighted by molar-refractivity contribution is 6.04. The fourth-order valence-corrected chi connectivity index (χ4v) is 3.33. The van der Waals surface area contributed by atoms with Crippen molar-refractivity contribution in [2.24, 2.45) is 0 Å². The lowest BCUT2D eigenvalue weighted by Crippen LogP contribution is -3.14. The summed E-state index contributed by atoms with van der Waals surface area (Å²) in [5.41, 5.74) is 2.46. The molecule has 1 heterocycles. The Bertz CT molecular complexity index is 746. The predicted molar refractivity (Wildman–Crippen MR) is 107 cm³/mol. The lowest BCUT2D eigenvalue weighted by molar-refractivity contribution is -0.898. The average Bonchev–Trinajstić information content (AvgIpc) is 2.74. The van der Waals surface area contributed by atoms with Crippen LogP contribution in [0.4, 0.5) is 11.4 Å². The van der Waals surface area contributed by atoms with E-state index in [0.29, 0.717) is 17.1 Å². The molecule has 6 nitrogen and oxygen atoms in total. The van der Waals surface area contributed by atoms with Crippen molar-refractivity contribution < 1.29 is 19.2 Å². The molecule has 1 fully saturated rings. The zero-order chi connectivity index (χ0) is 19.2. The lowest BCUT2D eigenvalue weighted by Gasteiger charge is -2.33. The van der Waals surface area contributed by atoms with Crippen LogP contribution in [0.15, 0.2) is 42.5 Å². The van der Waals surface area contributed by atoms with E-state index in [4.69, 9.17) is 9.47 Å². The second kappa shape index (κ2) is 8.77. The van der Waals surface area contributed by atoms with Crippen molar-refractivity contribution in [1.29, 1.82) is 0 Å². The Balaban J connectivity index is 1.65. The van der Waals surface area contributed by atoms with Gasteiger partial charge in [0.2, 0.25) is 0 Å². The van der Waals surface area contributed by atoms with Crippen molar-refractivity contribution in [3.05, 3.63) is 48.0 Å². The van der Waals surface area contributed by atoms with E-state index in [-0.39, 0.29) is 5.91 Å². The molecule has 6 heteroatoms. The zero-order valence-corrected chi connectivity index (χ0v) is 16.2. The number of ether oxygens (including phenoxy) is 2. The summed E-state index contributed by atoms with van der Waals surface area (Å²) in [7, 11) is 3.13. The first kappa shape index (κ1) is 19.0. The zero-order valence-electron chi connectivity index (χ0n) is 16.2. The Morgan fingerprint density at radius 2 is 1.63 bits per heavy atom. The third-order valence-corrected chi connectivity index (χ3v) is 5.07. The van der Waals surface area contributed by atoms with Crippen molar-refractivity contribution >= 4 is 17.3 Å². The van der Waals surface area contributed by atoms with E-state index in [1.54, 1.807) is 37.3 Å². The van der Waals surface area contributed by atoms with Crippen molar-refractivity contribution in [2.45, 2.75) is 6.92 Å². The van der Waals surface area contributed by atoms with E-state index in [0.717, 1.165) is 18.8 Å². The highest BCUT2D eigenvalue weighted by Gasteiger charge is 2.18. The minimum Gasteiger partial charge on any atom is -0.497 e. The van der Waals surface area contributed by atoms with E-state index in [1.807, 2.05) is 12.1 Å². The van der Waals surface area contributed by atoms with Crippen molar-refractivity contribution in [1.82, 2.24) is 0 Å². The molecule has 0 bridgehead atoms. The number of rotatable bonds is 6. The molecule has 1 aliphatic rings. The van der Waals surface area contributed by atoms with E-state index >= 15 is 0 Å². The third kappa shape index (κ3) is 4.71. The first-order valence-electron chi connectivity index (χ1n) is 9.36. The van der Waals surface area contributed by atoms with Crippen LogP contribution < -0.4 is 24.6 Å². The van der Waals surface area contributed by atoms with Gasteiger partial charge in [0.25, 0.3) is 5.91 Å². The lowest BCUT2D eigenvalue weighted by atomic mass is 10.1. The Kier molecular flexibility index (Phi) is 6.19. The molecule has 1 aliphatic heterocycles. The number of methoxy groups -OCH3 is 2. The number of carbonyl (C=O) groups is 1. The number of hydrogen-bond donors (Lipinski definition) is 2. The number of piperazine rings is 1. The second-order valence-electron chi connectivity index (χ2n) is 6.69. The maximum atomic E-state index is 12.6. The number of anilines is 2. The normalized spacial score (nSPS) is 14.7. The Hall–Kier alpha value is -2.73. The maximum absolute atomic E-state index is 12.6. The summed E-state index contributed by atoms with van der Waals surface area (Å²) in [6.45, 7) is 7.91. The SMILES string of the molecule is CC[NH+]1CCN(c2ccc(NC(=O)c3cc(OC)cc(OC)c3)cc2)CC1. The van der Waals surface area contributed by atoms with Crippen LogP contribution in [0.2, 0.25) is 0 Å². The molecule has 1 amide bonds. The van der Waals surface area contributed by atoms with Crippen molar-refractivity contribution in [3.8, 4) is 11.5 Å². The van der Waals surface area contributed by atoms with Crippen LogP contribution in [0.3, 0.4) is 0 Å². The largest absolute Gasteiger partial charge is 0.497 e. The molecule has 0 radical (unpaired) electrons. The van der Waals surface area contributed by atoms with Crippen LogP contribution in [0.1, 0.15) is 17.3 Å². The number of amides is 1. The molecular formula is C21H28N3O3+. The quantitative estimate of drug-likeness (QED) is 0.812. The molecule has 0 aliphatic carbocycles. The number of likely N-dealkylation sites (N-methyl/N-ethyl adjacent to an activating group) is 1. The summed E-state index contributed by atoms with van der Waals surface area (Å²) in [5.74, 6) is 0.978. The molecule has 0 saturated carbocycles. The molecule has 2 aromatic carbocycles. The van der Waals surface area contributed by atoms with Gasteiger partial charge in [0.1, 0.15) is 11.5 Å². The minimum atomic E-state index is -0.194. The molecule has 0 aromatic heterocycles. The topological polar surface area (TPSA) is 55.2 Å². The third-order valence-electron chi connectivity index (χ3n) is 5.07. The highest BCUT2D eigenvalue weighted by Crippen LogP contribution is 2.24. The first-order chi connectivity index (χ1) is 13.1. The number of quaternary nitrogens is 1. The van der Waals surface area contributed by atoms with Gasteiger partial charge in [-0.15, -0.1) is 0 Å². The monoisotopic (exact) mass is 370 g/mol. The first-order valence-corrected chi connectivity index (χ1v) is 9.36. The van der Waals surface area contributed by atoms with Gasteiger partial charge in [0.15, 0.2) is 0 Å². The molecule has 2 N–H and O–H groups in total. The van der Waals surface area contributed by atoms with Crippen LogP contribution >= 0.6 is 0 Å². The van der Waals surface area contributed by atoms with Gasteiger partial charge in [-0.3, -0.25) is 4.79 Å². The Morgan fingerprint density at radius 3 is 2.15 bits per heavy atom. The number of carbonyl (C=O) groups excluding carboxylic acids is 1. The molecule has 1 saturated heterocycles. The molecule has 0 unspecified atom stereocenters. The fourth-order valence-electron chi connectivity index (χ4n) is 3.33. The van der Waals surface area contributed by atoms with Gasteiger partial charge < -0.3 is 24.6 Å². The summed E-state index contributed by atoms with van der Waals surface area (Å²) < 4.78 is 10.5. The average molecular weight is 370 g/mol. The van der Waals surface area contributed by atoms with Gasteiger partial charge in [0, 0.05) is 23.0 Å². The van der Waals surface area contributed by atoms with E-state index < -0.39 is 0 Å². The van der Waals surface area contributed by atoms with Crippen LogP contribution in [0, 0.1) is 0 Å². The maximum Gasteiger partial charge on any atom is 0.255 e. The molecule has 2 aromatic rings. The van der Waals surface area contributed by atoms with E-state index in [2.05, 4.69) is 29.3 Å². The molecule has 144 valence electrons. The summed E-state index contributed by atoms with van der Waals surface area (Å²) in [5, 5.41) is 2.93. The summed E-state index contributed by atoms with van der Waals surface area (Å²) in [6, 6.07) is 13.2. The Labute approximate surface area is 160 Å². The van der Waals surface area contributed by atoms with Crippen molar-refractivity contribution in [3.63, 3.8) is 0 Å². The smallest absolute Gasteiger partial charge is 0.255 e. The van der Waals surface area contributed by atoms with Crippen LogP contribution in [-0.4, -0.2) is 52.9 Å². The minimum absolute atomic E-state index is 0.194. The van der Waals surface area contributed by atoms with E-state index in [9.17, 15) is 4.79 Å². The standard InChI is InChI=1S/C21H27N3O3/c1-4-23-9-11-24(12-10-23)18-7-5-17(6-8-18)22-21(25)16-13-19(26-2)15-20(14-16)27-3/h5-8,13-15H,4,9-12H2,1-3H3,(H,22,25)/p+1. The summed E-state index contributed by atoms with van der Waals surface area (Å²) in [6.07, 6.45) is 0. The van der Waals surface area contributed by atoms with Gasteiger partial charge in [-0.25, -0.2) is 0 Å². The van der Waals surface area contributed by atoms with Gasteiger partial charge in [-0.05, 0) is 43.3 Å². The molecule has 0 atom stereocenters. The van der Waals surface area contributed by atoms with Crippen LogP contribution in [0.5, 0.6) is 11.5 Å². The molecule has 27 heavy (non-hydrogen) atoms. The Morgan fingerprint density at radius 1 is 1.04 bits per heavy atom. The van der Waals surface area contributed by atoms with Crippen molar-refractivity contribution in [2.75, 3.05) is 57.2 Å².